The number of benzene rings is 1. The largest absolute Gasteiger partial charge is 0.495 e. The van der Waals surface area contributed by atoms with E-state index in [2.05, 4.69) is 31.9 Å². The van der Waals surface area contributed by atoms with E-state index in [-0.39, 0.29) is 6.10 Å². The number of hydrogen-bond acceptors (Lipinski definition) is 3. The van der Waals surface area contributed by atoms with Crippen LogP contribution < -0.4 is 14.2 Å². The lowest BCUT2D eigenvalue weighted by Crippen LogP contribution is -2.07. The van der Waals surface area contributed by atoms with Gasteiger partial charge in [0.05, 0.1) is 29.3 Å². The van der Waals surface area contributed by atoms with Gasteiger partial charge in [-0.25, -0.2) is 0 Å². The fraction of sp³-hybridized carbons (Fsp3) is 0.455. The SMILES string of the molecule is COc1cc(OC)c(OC(C)C)c(Br)c1Br. The van der Waals surface area contributed by atoms with Crippen molar-refractivity contribution < 1.29 is 14.2 Å². The zero-order valence-corrected chi connectivity index (χ0v) is 12.8. The maximum atomic E-state index is 5.69. The second-order valence-corrected chi connectivity index (χ2v) is 4.99. The number of rotatable bonds is 4. The summed E-state index contributed by atoms with van der Waals surface area (Å²) in [5.41, 5.74) is 0. The minimum absolute atomic E-state index is 0.0745. The highest BCUT2D eigenvalue weighted by Gasteiger charge is 2.18. The Morgan fingerprint density at radius 2 is 1.56 bits per heavy atom. The van der Waals surface area contributed by atoms with E-state index in [1.165, 1.54) is 0 Å². The third-order valence-electron chi connectivity index (χ3n) is 1.89. The first-order chi connectivity index (χ1) is 7.51. The molecule has 90 valence electrons. The average Bonchev–Trinajstić information content (AvgIpc) is 2.25. The van der Waals surface area contributed by atoms with E-state index in [1.807, 2.05) is 13.8 Å². The monoisotopic (exact) mass is 352 g/mol. The van der Waals surface area contributed by atoms with E-state index in [4.69, 9.17) is 14.2 Å². The van der Waals surface area contributed by atoms with Crippen molar-refractivity contribution in [2.75, 3.05) is 14.2 Å². The quantitative estimate of drug-likeness (QED) is 0.818. The summed E-state index contributed by atoms with van der Waals surface area (Å²) in [5.74, 6) is 2.01. The summed E-state index contributed by atoms with van der Waals surface area (Å²) >= 11 is 6.90. The molecule has 0 amide bonds. The van der Waals surface area contributed by atoms with Gasteiger partial charge in [0.25, 0.3) is 0 Å². The summed E-state index contributed by atoms with van der Waals surface area (Å²) in [7, 11) is 3.21. The van der Waals surface area contributed by atoms with E-state index in [0.29, 0.717) is 17.2 Å². The Morgan fingerprint density at radius 3 is 2.00 bits per heavy atom. The zero-order valence-electron chi connectivity index (χ0n) is 9.64. The molecule has 0 atom stereocenters. The molecule has 0 aliphatic carbocycles. The van der Waals surface area contributed by atoms with Gasteiger partial charge in [-0.3, -0.25) is 0 Å². The molecule has 1 aromatic rings. The molecule has 0 aromatic heterocycles. The van der Waals surface area contributed by atoms with Crippen molar-refractivity contribution in [1.82, 2.24) is 0 Å². The lowest BCUT2D eigenvalue weighted by Gasteiger charge is -2.17. The molecule has 3 nitrogen and oxygen atoms in total. The van der Waals surface area contributed by atoms with Crippen molar-refractivity contribution >= 4 is 31.9 Å². The van der Waals surface area contributed by atoms with Gasteiger partial charge in [0.2, 0.25) is 0 Å². The predicted molar refractivity (Wildman–Crippen MR) is 70.7 cm³/mol. The number of halogens is 2. The van der Waals surface area contributed by atoms with Crippen LogP contribution in [0.4, 0.5) is 0 Å². The van der Waals surface area contributed by atoms with Gasteiger partial charge in [-0.1, -0.05) is 0 Å². The molecule has 16 heavy (non-hydrogen) atoms. The van der Waals surface area contributed by atoms with Gasteiger partial charge in [-0.05, 0) is 45.7 Å². The van der Waals surface area contributed by atoms with E-state index >= 15 is 0 Å². The van der Waals surface area contributed by atoms with Crippen molar-refractivity contribution in [3.63, 3.8) is 0 Å². The molecule has 0 N–H and O–H groups in total. The number of methoxy groups -OCH3 is 2. The lowest BCUT2D eigenvalue weighted by molar-refractivity contribution is 0.227. The van der Waals surface area contributed by atoms with Crippen LogP contribution in [0.1, 0.15) is 13.8 Å². The maximum absolute atomic E-state index is 5.69. The summed E-state index contributed by atoms with van der Waals surface area (Å²) in [6.45, 7) is 3.92. The van der Waals surface area contributed by atoms with Crippen LogP contribution >= 0.6 is 31.9 Å². The van der Waals surface area contributed by atoms with Crippen LogP contribution in [-0.2, 0) is 0 Å². The second-order valence-electron chi connectivity index (χ2n) is 3.40. The van der Waals surface area contributed by atoms with Crippen LogP contribution in [0.3, 0.4) is 0 Å². The molecule has 1 aromatic carbocycles. The summed E-state index contributed by atoms with van der Waals surface area (Å²) in [6.07, 6.45) is 0.0745. The summed E-state index contributed by atoms with van der Waals surface area (Å²) in [4.78, 5) is 0. The number of hydrogen-bond donors (Lipinski definition) is 0. The van der Waals surface area contributed by atoms with Crippen molar-refractivity contribution in [2.45, 2.75) is 20.0 Å². The van der Waals surface area contributed by atoms with Gasteiger partial charge < -0.3 is 14.2 Å². The maximum Gasteiger partial charge on any atom is 0.177 e. The van der Waals surface area contributed by atoms with Gasteiger partial charge in [0, 0.05) is 6.07 Å². The molecule has 0 saturated carbocycles. The van der Waals surface area contributed by atoms with Gasteiger partial charge in [-0.15, -0.1) is 0 Å². The Labute approximate surface area is 112 Å². The second kappa shape index (κ2) is 5.77. The Balaban J connectivity index is 3.29. The summed E-state index contributed by atoms with van der Waals surface area (Å²) < 4.78 is 17.8. The van der Waals surface area contributed by atoms with Gasteiger partial charge >= 0.3 is 0 Å². The molecule has 1 rings (SSSR count). The van der Waals surface area contributed by atoms with E-state index in [9.17, 15) is 0 Å². The van der Waals surface area contributed by atoms with Crippen LogP contribution in [0.15, 0.2) is 15.0 Å². The van der Waals surface area contributed by atoms with Crippen molar-refractivity contribution in [1.29, 1.82) is 0 Å². The lowest BCUT2D eigenvalue weighted by atomic mass is 10.3. The fourth-order valence-electron chi connectivity index (χ4n) is 1.21. The normalized spacial score (nSPS) is 10.4. The third-order valence-corrected chi connectivity index (χ3v) is 3.96. The highest BCUT2D eigenvalue weighted by Crippen LogP contribution is 2.46. The van der Waals surface area contributed by atoms with Gasteiger partial charge in [0.15, 0.2) is 11.5 Å². The van der Waals surface area contributed by atoms with Crippen LogP contribution in [0.2, 0.25) is 0 Å². The Hall–Kier alpha value is -0.420. The zero-order chi connectivity index (χ0) is 12.3. The fourth-order valence-corrected chi connectivity index (χ4v) is 2.15. The predicted octanol–water partition coefficient (Wildman–Crippen LogP) is 4.02. The molecule has 0 bridgehead atoms. The average molecular weight is 354 g/mol. The van der Waals surface area contributed by atoms with Crippen molar-refractivity contribution in [3.05, 3.63) is 15.0 Å². The first-order valence-corrected chi connectivity index (χ1v) is 6.36. The van der Waals surface area contributed by atoms with Gasteiger partial charge in [-0.2, -0.15) is 0 Å². The molecular formula is C11H14Br2O3. The van der Waals surface area contributed by atoms with E-state index < -0.39 is 0 Å². The molecule has 0 radical (unpaired) electrons. The Morgan fingerprint density at radius 1 is 1.00 bits per heavy atom. The van der Waals surface area contributed by atoms with Crippen LogP contribution in [0.5, 0.6) is 17.2 Å². The van der Waals surface area contributed by atoms with Crippen LogP contribution in [0, 0.1) is 0 Å². The van der Waals surface area contributed by atoms with E-state index in [1.54, 1.807) is 20.3 Å². The molecule has 0 spiro atoms. The van der Waals surface area contributed by atoms with Gasteiger partial charge in [0.1, 0.15) is 5.75 Å². The minimum atomic E-state index is 0.0745. The van der Waals surface area contributed by atoms with E-state index in [0.717, 1.165) is 8.95 Å². The van der Waals surface area contributed by atoms with Crippen LogP contribution in [0.25, 0.3) is 0 Å². The summed E-state index contributed by atoms with van der Waals surface area (Å²) in [6, 6.07) is 1.78. The minimum Gasteiger partial charge on any atom is -0.495 e. The number of ether oxygens (including phenoxy) is 3. The molecule has 5 heteroatoms. The first kappa shape index (κ1) is 13.6. The molecule has 0 saturated heterocycles. The smallest absolute Gasteiger partial charge is 0.177 e. The molecule has 0 fully saturated rings. The van der Waals surface area contributed by atoms with Crippen LogP contribution in [-0.4, -0.2) is 20.3 Å². The topological polar surface area (TPSA) is 27.7 Å². The van der Waals surface area contributed by atoms with Crippen molar-refractivity contribution in [3.8, 4) is 17.2 Å². The van der Waals surface area contributed by atoms with Crippen molar-refractivity contribution in [2.24, 2.45) is 0 Å². The highest BCUT2D eigenvalue weighted by molar-refractivity contribution is 9.13. The molecule has 0 heterocycles. The summed E-state index contributed by atoms with van der Waals surface area (Å²) in [5, 5.41) is 0. The standard InChI is InChI=1S/C11H14Br2O3/c1-6(2)16-11-8(15-4)5-7(14-3)9(12)10(11)13/h5-6H,1-4H3. The Kier molecular flexibility index (Phi) is 4.92. The third kappa shape index (κ3) is 2.83. The molecule has 0 unspecified atom stereocenters. The molecular weight excluding hydrogens is 340 g/mol. The molecule has 0 aliphatic heterocycles. The first-order valence-electron chi connectivity index (χ1n) is 4.77. The molecule has 0 aliphatic rings. The highest BCUT2D eigenvalue weighted by atomic mass is 79.9. The Bertz CT molecular complexity index is 378.